The number of ether oxygens (including phenoxy) is 1. The molecule has 1 fully saturated rings. The quantitative estimate of drug-likeness (QED) is 0.614. The Morgan fingerprint density at radius 1 is 1.40 bits per heavy atom. The van der Waals surface area contributed by atoms with Crippen LogP contribution < -0.4 is 10.6 Å². The average molecular weight is 306 g/mol. The summed E-state index contributed by atoms with van der Waals surface area (Å²) in [7, 11) is -2.99. The summed E-state index contributed by atoms with van der Waals surface area (Å²) in [5.41, 5.74) is 0. The van der Waals surface area contributed by atoms with E-state index in [1.54, 1.807) is 0 Å². The van der Waals surface area contributed by atoms with E-state index in [1.807, 2.05) is 0 Å². The molecule has 0 saturated carbocycles. The second-order valence-electron chi connectivity index (χ2n) is 5.61. The van der Waals surface area contributed by atoms with Crippen molar-refractivity contribution in [3.63, 3.8) is 0 Å². The number of nitrogens with one attached hydrogen (secondary N) is 2. The second-order valence-corrected chi connectivity index (χ2v) is 7.84. The predicted octanol–water partition coefficient (Wildman–Crippen LogP) is -0.0580. The summed E-state index contributed by atoms with van der Waals surface area (Å²) < 4.78 is 28.3. The third-order valence-corrected chi connectivity index (χ3v) is 4.88. The molecule has 0 aliphatic carbocycles. The van der Waals surface area contributed by atoms with Crippen molar-refractivity contribution in [2.24, 2.45) is 5.92 Å². The maximum Gasteiger partial charge on any atom is 0.221 e. The molecule has 1 amide bonds. The third-order valence-electron chi connectivity index (χ3n) is 3.14. The third kappa shape index (κ3) is 7.81. The molecule has 7 heteroatoms. The lowest BCUT2D eigenvalue weighted by molar-refractivity contribution is -0.121. The van der Waals surface area contributed by atoms with Crippen molar-refractivity contribution in [3.8, 4) is 0 Å². The van der Waals surface area contributed by atoms with E-state index in [-0.39, 0.29) is 29.9 Å². The lowest BCUT2D eigenvalue weighted by Crippen LogP contribution is -2.47. The Morgan fingerprint density at radius 3 is 2.80 bits per heavy atom. The van der Waals surface area contributed by atoms with Crippen LogP contribution in [0.5, 0.6) is 0 Å². The molecule has 1 atom stereocenters. The molecular formula is C13H26N2O4S. The number of hydrogen-bond donors (Lipinski definition) is 2. The molecule has 0 aromatic carbocycles. The fourth-order valence-electron chi connectivity index (χ4n) is 1.98. The van der Waals surface area contributed by atoms with Crippen LogP contribution in [0.15, 0.2) is 0 Å². The first kappa shape index (κ1) is 17.4. The van der Waals surface area contributed by atoms with Gasteiger partial charge >= 0.3 is 0 Å². The lowest BCUT2D eigenvalue weighted by atomic mass is 10.1. The van der Waals surface area contributed by atoms with E-state index in [2.05, 4.69) is 24.5 Å². The smallest absolute Gasteiger partial charge is 0.221 e. The van der Waals surface area contributed by atoms with Crippen molar-refractivity contribution in [1.29, 1.82) is 0 Å². The Balaban J connectivity index is 2.08. The Kier molecular flexibility index (Phi) is 7.47. The fraction of sp³-hybridized carbons (Fsp3) is 0.923. The number of carbonyl (C=O) groups is 1. The van der Waals surface area contributed by atoms with Crippen LogP contribution in [0.2, 0.25) is 0 Å². The Labute approximate surface area is 121 Å². The summed E-state index contributed by atoms with van der Waals surface area (Å²) in [6, 6.07) is -0.268. The zero-order valence-corrected chi connectivity index (χ0v) is 13.2. The maximum absolute atomic E-state index is 11.7. The molecule has 1 aliphatic rings. The Morgan fingerprint density at radius 2 is 2.15 bits per heavy atom. The van der Waals surface area contributed by atoms with Crippen LogP contribution in [-0.2, 0) is 19.4 Å². The minimum Gasteiger partial charge on any atom is -0.380 e. The first-order valence-corrected chi connectivity index (χ1v) is 8.99. The molecule has 1 saturated heterocycles. The summed E-state index contributed by atoms with van der Waals surface area (Å²) in [6.45, 7) is 6.37. The van der Waals surface area contributed by atoms with Crippen LogP contribution in [0.4, 0.5) is 0 Å². The van der Waals surface area contributed by atoms with E-state index in [1.165, 1.54) is 0 Å². The number of rotatable bonds is 8. The number of hydrogen-bond acceptors (Lipinski definition) is 5. The molecule has 0 bridgehead atoms. The van der Waals surface area contributed by atoms with Crippen LogP contribution in [0.25, 0.3) is 0 Å². The van der Waals surface area contributed by atoms with Gasteiger partial charge in [-0.15, -0.1) is 0 Å². The molecule has 6 nitrogen and oxygen atoms in total. The molecule has 118 valence electrons. The van der Waals surface area contributed by atoms with Crippen molar-refractivity contribution >= 4 is 15.7 Å². The fourth-order valence-corrected chi connectivity index (χ4v) is 3.42. The van der Waals surface area contributed by atoms with Crippen LogP contribution in [-0.4, -0.2) is 58.2 Å². The second kappa shape index (κ2) is 8.59. The van der Waals surface area contributed by atoms with E-state index < -0.39 is 9.84 Å². The largest absolute Gasteiger partial charge is 0.380 e. The van der Waals surface area contributed by atoms with E-state index >= 15 is 0 Å². The van der Waals surface area contributed by atoms with E-state index in [9.17, 15) is 13.2 Å². The summed E-state index contributed by atoms with van der Waals surface area (Å²) >= 11 is 0. The highest BCUT2D eigenvalue weighted by atomic mass is 32.2. The highest BCUT2D eigenvalue weighted by Gasteiger charge is 2.25. The first-order valence-electron chi connectivity index (χ1n) is 7.17. The normalized spacial score (nSPS) is 21.9. The van der Waals surface area contributed by atoms with Crippen LogP contribution in [0.3, 0.4) is 0 Å². The highest BCUT2D eigenvalue weighted by molar-refractivity contribution is 7.91. The van der Waals surface area contributed by atoms with E-state index in [4.69, 9.17) is 4.74 Å². The Bertz CT molecular complexity index is 395. The van der Waals surface area contributed by atoms with Gasteiger partial charge in [0.05, 0.1) is 18.1 Å². The monoisotopic (exact) mass is 306 g/mol. The highest BCUT2D eigenvalue weighted by Crippen LogP contribution is 2.04. The van der Waals surface area contributed by atoms with Gasteiger partial charge in [0.1, 0.15) is 0 Å². The molecule has 1 heterocycles. The number of amides is 1. The van der Waals surface area contributed by atoms with Crippen molar-refractivity contribution in [1.82, 2.24) is 10.6 Å². The molecular weight excluding hydrogens is 280 g/mol. The topological polar surface area (TPSA) is 84.5 Å². The van der Waals surface area contributed by atoms with Gasteiger partial charge in [-0.2, -0.15) is 0 Å². The molecule has 1 rings (SSSR count). The summed E-state index contributed by atoms with van der Waals surface area (Å²) in [5.74, 6) is 0.691. The van der Waals surface area contributed by atoms with Gasteiger partial charge in [0.2, 0.25) is 5.91 Å². The molecule has 1 unspecified atom stereocenters. The molecule has 2 N–H and O–H groups in total. The van der Waals surface area contributed by atoms with Crippen LogP contribution in [0.1, 0.15) is 26.7 Å². The molecule has 0 spiro atoms. The van der Waals surface area contributed by atoms with Gasteiger partial charge in [-0.05, 0) is 12.3 Å². The minimum atomic E-state index is -2.99. The SMILES string of the molecule is CC(C)CCOCCNC(=O)CC1CS(=O)(=O)CCN1. The van der Waals surface area contributed by atoms with Gasteiger partial charge in [0, 0.05) is 32.2 Å². The van der Waals surface area contributed by atoms with Crippen molar-refractivity contribution in [2.75, 3.05) is 37.8 Å². The van der Waals surface area contributed by atoms with E-state index in [0.29, 0.717) is 32.2 Å². The molecule has 1 aliphatic heterocycles. The predicted molar refractivity (Wildman–Crippen MR) is 78.3 cm³/mol. The summed E-state index contributed by atoms with van der Waals surface area (Å²) in [6.07, 6.45) is 1.21. The van der Waals surface area contributed by atoms with Gasteiger partial charge in [-0.25, -0.2) is 8.42 Å². The van der Waals surface area contributed by atoms with Gasteiger partial charge < -0.3 is 15.4 Å². The van der Waals surface area contributed by atoms with E-state index in [0.717, 1.165) is 6.42 Å². The van der Waals surface area contributed by atoms with Gasteiger partial charge in [0.15, 0.2) is 9.84 Å². The molecule has 0 radical (unpaired) electrons. The maximum atomic E-state index is 11.7. The molecule has 0 aromatic rings. The minimum absolute atomic E-state index is 0.0469. The zero-order valence-electron chi connectivity index (χ0n) is 12.4. The standard InChI is InChI=1S/C13H26N2O4S/c1-11(2)3-6-19-7-4-15-13(16)9-12-10-20(17,18)8-5-14-12/h11-12,14H,3-10H2,1-2H3,(H,15,16). The first-order chi connectivity index (χ1) is 9.39. The summed E-state index contributed by atoms with van der Waals surface area (Å²) in [5, 5.41) is 5.80. The molecule has 0 aromatic heterocycles. The number of carbonyl (C=O) groups excluding carboxylic acids is 1. The van der Waals surface area contributed by atoms with Gasteiger partial charge in [-0.3, -0.25) is 4.79 Å². The lowest BCUT2D eigenvalue weighted by Gasteiger charge is -2.23. The summed E-state index contributed by atoms with van der Waals surface area (Å²) in [4.78, 5) is 11.7. The number of sulfone groups is 1. The Hall–Kier alpha value is -0.660. The van der Waals surface area contributed by atoms with Gasteiger partial charge in [0.25, 0.3) is 0 Å². The zero-order chi connectivity index (χ0) is 15.0. The van der Waals surface area contributed by atoms with Crippen LogP contribution >= 0.6 is 0 Å². The average Bonchev–Trinajstić information content (AvgIpc) is 2.32. The van der Waals surface area contributed by atoms with Crippen molar-refractivity contribution < 1.29 is 17.9 Å². The van der Waals surface area contributed by atoms with Gasteiger partial charge in [-0.1, -0.05) is 13.8 Å². The van der Waals surface area contributed by atoms with Crippen molar-refractivity contribution in [3.05, 3.63) is 0 Å². The molecule has 20 heavy (non-hydrogen) atoms. The van der Waals surface area contributed by atoms with Crippen LogP contribution in [0, 0.1) is 5.92 Å². The van der Waals surface area contributed by atoms with Crippen molar-refractivity contribution in [2.45, 2.75) is 32.7 Å².